The molecule has 0 aromatic heterocycles. The summed E-state index contributed by atoms with van der Waals surface area (Å²) in [5.41, 5.74) is 1.80. The normalized spacial score (nSPS) is 24.0. The van der Waals surface area contributed by atoms with E-state index in [-0.39, 0.29) is 23.8 Å². The Hall–Kier alpha value is -2.39. The maximum Gasteiger partial charge on any atom is 0.414 e. The number of allylic oxidation sites excluding steroid dienone is 1. The molecule has 0 bridgehead atoms. The van der Waals surface area contributed by atoms with Crippen molar-refractivity contribution in [1.82, 2.24) is 10.3 Å². The molecule has 3 aliphatic rings. The predicted octanol–water partition coefficient (Wildman–Crippen LogP) is 2.80. The third kappa shape index (κ3) is 4.37. The van der Waals surface area contributed by atoms with Gasteiger partial charge in [0.2, 0.25) is 5.91 Å². The van der Waals surface area contributed by atoms with Crippen LogP contribution in [0.4, 0.5) is 16.2 Å². The van der Waals surface area contributed by atoms with Crippen LogP contribution in [0.5, 0.6) is 0 Å². The van der Waals surface area contributed by atoms with E-state index in [0.717, 1.165) is 30.3 Å². The predicted molar refractivity (Wildman–Crippen MR) is 120 cm³/mol. The number of amidine groups is 1. The van der Waals surface area contributed by atoms with Crippen LogP contribution in [-0.2, 0) is 9.53 Å². The Kier molecular flexibility index (Phi) is 6.10. The Morgan fingerprint density at radius 1 is 1.33 bits per heavy atom. The number of thioether (sulfide) groups is 1. The fourth-order valence-corrected chi connectivity index (χ4v) is 4.86. The molecule has 0 spiro atoms. The zero-order chi connectivity index (χ0) is 21.3. The number of amides is 2. The fourth-order valence-electron chi connectivity index (χ4n) is 3.60. The lowest BCUT2D eigenvalue weighted by Gasteiger charge is -2.37. The van der Waals surface area contributed by atoms with Gasteiger partial charge in [-0.2, -0.15) is 0 Å². The Labute approximate surface area is 184 Å². The molecule has 2 amide bonds. The van der Waals surface area contributed by atoms with Gasteiger partial charge >= 0.3 is 6.09 Å². The van der Waals surface area contributed by atoms with Crippen LogP contribution in [0.1, 0.15) is 13.3 Å². The number of carbonyl (C=O) groups is 2. The topological polar surface area (TPSA) is 77.5 Å². The van der Waals surface area contributed by atoms with Crippen LogP contribution in [0.3, 0.4) is 0 Å². The lowest BCUT2D eigenvalue weighted by Crippen LogP contribution is -2.47. The number of rotatable bonds is 5. The molecular formula is C20H24ClN5O3S. The van der Waals surface area contributed by atoms with Gasteiger partial charge in [0.25, 0.3) is 0 Å². The van der Waals surface area contributed by atoms with Gasteiger partial charge in [-0.25, -0.2) is 4.79 Å². The third-order valence-electron chi connectivity index (χ3n) is 5.36. The van der Waals surface area contributed by atoms with Crippen molar-refractivity contribution in [2.45, 2.75) is 24.7 Å². The number of nitrogens with one attached hydrogen (secondary N) is 1. The summed E-state index contributed by atoms with van der Waals surface area (Å²) in [5.74, 6) is 0.877. The summed E-state index contributed by atoms with van der Waals surface area (Å²) in [6.45, 7) is 4.22. The highest BCUT2D eigenvalue weighted by Gasteiger charge is 2.33. The third-order valence-corrected chi connectivity index (χ3v) is 6.86. The van der Waals surface area contributed by atoms with E-state index in [1.807, 2.05) is 49.3 Å². The number of anilines is 2. The van der Waals surface area contributed by atoms with E-state index < -0.39 is 6.09 Å². The molecule has 1 N–H and O–H groups in total. The molecule has 4 rings (SSSR count). The van der Waals surface area contributed by atoms with Gasteiger partial charge in [0.1, 0.15) is 11.9 Å². The second-order valence-corrected chi connectivity index (χ2v) is 9.18. The number of cyclic esters (lactones) is 1. The van der Waals surface area contributed by atoms with Crippen molar-refractivity contribution < 1.29 is 14.3 Å². The lowest BCUT2D eigenvalue weighted by molar-refractivity contribution is -0.120. The van der Waals surface area contributed by atoms with Gasteiger partial charge in [-0.15, -0.1) is 11.8 Å². The highest BCUT2D eigenvalue weighted by molar-refractivity contribution is 8.06. The van der Waals surface area contributed by atoms with E-state index in [2.05, 4.69) is 15.3 Å². The average molecular weight is 450 g/mol. The standard InChI is InChI=1S/C20H24ClN5O3S/c1-13-22-9-10-26(24(13)2)15-5-3-14(4-6-15)25-12-16(29-20(25)28)11-23-19(27)17-7-8-18(21)30-17/h3-6,8,16-17H,7,9-12H2,1-2H3,(H,23,27)/t16-,17?/m0/s1. The first-order valence-corrected chi connectivity index (χ1v) is 11.1. The van der Waals surface area contributed by atoms with Crippen molar-refractivity contribution in [2.24, 2.45) is 4.99 Å². The first-order chi connectivity index (χ1) is 14.4. The second kappa shape index (κ2) is 8.77. The van der Waals surface area contributed by atoms with Crippen LogP contribution in [0.25, 0.3) is 0 Å². The SMILES string of the molecule is CC1=NCCN(c2ccc(N3C[C@H](CNC(=O)C4CC=C(Cl)S4)OC3=O)cc2)N1C. The number of benzene rings is 1. The van der Waals surface area contributed by atoms with E-state index in [0.29, 0.717) is 17.3 Å². The molecule has 2 atom stereocenters. The first kappa shape index (κ1) is 20.9. The molecule has 10 heteroatoms. The summed E-state index contributed by atoms with van der Waals surface area (Å²) in [5, 5.41) is 6.82. The van der Waals surface area contributed by atoms with E-state index in [1.54, 1.807) is 4.90 Å². The molecule has 160 valence electrons. The van der Waals surface area contributed by atoms with E-state index >= 15 is 0 Å². The molecule has 1 aromatic carbocycles. The van der Waals surface area contributed by atoms with Crippen LogP contribution in [0, 0.1) is 0 Å². The maximum atomic E-state index is 12.3. The molecule has 3 aliphatic heterocycles. The Morgan fingerprint density at radius 3 is 2.77 bits per heavy atom. The number of nitrogens with zero attached hydrogens (tertiary/aromatic N) is 4. The Balaban J connectivity index is 1.33. The average Bonchev–Trinajstić information content (AvgIpc) is 3.34. The number of hydrogen-bond donors (Lipinski definition) is 1. The zero-order valence-electron chi connectivity index (χ0n) is 16.9. The number of hydrogen-bond acceptors (Lipinski definition) is 7. The first-order valence-electron chi connectivity index (χ1n) is 9.83. The number of aliphatic imine (C=N–C) groups is 1. The highest BCUT2D eigenvalue weighted by Crippen LogP contribution is 2.34. The molecule has 1 fully saturated rings. The Morgan fingerprint density at radius 2 is 2.07 bits per heavy atom. The largest absolute Gasteiger partial charge is 0.442 e. The number of ether oxygens (including phenoxy) is 1. The van der Waals surface area contributed by atoms with Gasteiger partial charge in [0.15, 0.2) is 0 Å². The van der Waals surface area contributed by atoms with Crippen molar-refractivity contribution in [3.05, 3.63) is 34.7 Å². The minimum atomic E-state index is -0.403. The monoisotopic (exact) mass is 449 g/mol. The molecule has 0 saturated carbocycles. The van der Waals surface area contributed by atoms with E-state index in [4.69, 9.17) is 16.3 Å². The maximum absolute atomic E-state index is 12.3. The number of halogens is 1. The lowest BCUT2D eigenvalue weighted by atomic mass is 10.2. The molecule has 3 heterocycles. The van der Waals surface area contributed by atoms with Gasteiger partial charge in [-0.3, -0.25) is 24.7 Å². The van der Waals surface area contributed by atoms with Crippen LogP contribution >= 0.6 is 23.4 Å². The second-order valence-electron chi connectivity index (χ2n) is 7.30. The summed E-state index contributed by atoms with van der Waals surface area (Å²) in [7, 11) is 1.98. The Bertz CT molecular complexity index is 891. The van der Waals surface area contributed by atoms with Crippen LogP contribution < -0.4 is 15.2 Å². The van der Waals surface area contributed by atoms with Crippen molar-refractivity contribution in [3.8, 4) is 0 Å². The highest BCUT2D eigenvalue weighted by atomic mass is 35.5. The van der Waals surface area contributed by atoms with Crippen molar-refractivity contribution >= 4 is 52.6 Å². The van der Waals surface area contributed by atoms with Gasteiger partial charge in [-0.05, 0) is 37.6 Å². The van der Waals surface area contributed by atoms with Gasteiger partial charge in [0, 0.05) is 12.7 Å². The summed E-state index contributed by atoms with van der Waals surface area (Å²) in [6.07, 6.45) is 1.67. The summed E-state index contributed by atoms with van der Waals surface area (Å²) in [6, 6.07) is 7.80. The van der Waals surface area contributed by atoms with Crippen LogP contribution in [0.2, 0.25) is 0 Å². The van der Waals surface area contributed by atoms with Crippen molar-refractivity contribution in [3.63, 3.8) is 0 Å². The van der Waals surface area contributed by atoms with Gasteiger partial charge in [0.05, 0.1) is 41.5 Å². The molecule has 1 saturated heterocycles. The van der Waals surface area contributed by atoms with Crippen molar-refractivity contribution in [1.29, 1.82) is 0 Å². The molecule has 30 heavy (non-hydrogen) atoms. The zero-order valence-corrected chi connectivity index (χ0v) is 18.4. The van der Waals surface area contributed by atoms with Crippen LogP contribution in [-0.4, -0.2) is 67.4 Å². The van der Waals surface area contributed by atoms with Crippen molar-refractivity contribution in [2.75, 3.05) is 43.1 Å². The quantitative estimate of drug-likeness (QED) is 0.744. The van der Waals surface area contributed by atoms with Gasteiger partial charge < -0.3 is 10.1 Å². The van der Waals surface area contributed by atoms with E-state index in [1.165, 1.54) is 11.8 Å². The molecular weight excluding hydrogens is 426 g/mol. The molecule has 0 aliphatic carbocycles. The minimum Gasteiger partial charge on any atom is -0.442 e. The molecule has 8 nitrogen and oxygen atoms in total. The summed E-state index contributed by atoms with van der Waals surface area (Å²) in [4.78, 5) is 30.6. The summed E-state index contributed by atoms with van der Waals surface area (Å²) < 4.78 is 6.08. The fraction of sp³-hybridized carbons (Fsp3) is 0.450. The van der Waals surface area contributed by atoms with Gasteiger partial charge in [-0.1, -0.05) is 17.7 Å². The van der Waals surface area contributed by atoms with Crippen LogP contribution in [0.15, 0.2) is 39.7 Å². The smallest absolute Gasteiger partial charge is 0.414 e. The number of carbonyl (C=O) groups excluding carboxylic acids is 2. The number of hydrazine groups is 1. The molecule has 1 aromatic rings. The molecule has 0 radical (unpaired) electrons. The molecule has 1 unspecified atom stereocenters. The summed E-state index contributed by atoms with van der Waals surface area (Å²) >= 11 is 7.27. The van der Waals surface area contributed by atoms with E-state index in [9.17, 15) is 9.59 Å². The minimum absolute atomic E-state index is 0.0877.